The van der Waals surface area contributed by atoms with Crippen molar-refractivity contribution >= 4 is 5.91 Å². The zero-order valence-corrected chi connectivity index (χ0v) is 14.4. The van der Waals surface area contributed by atoms with Crippen LogP contribution in [0.4, 0.5) is 13.2 Å². The molecule has 0 saturated heterocycles. The van der Waals surface area contributed by atoms with Gasteiger partial charge in [0.25, 0.3) is 5.91 Å². The van der Waals surface area contributed by atoms with E-state index in [-0.39, 0.29) is 29.8 Å². The molecule has 1 unspecified atom stereocenters. The molecule has 1 amide bonds. The summed E-state index contributed by atoms with van der Waals surface area (Å²) in [5.41, 5.74) is -0.0486. The maximum absolute atomic E-state index is 12.5. The minimum absolute atomic E-state index is 0.0114. The van der Waals surface area contributed by atoms with Crippen molar-refractivity contribution < 1.29 is 22.7 Å². The second kappa shape index (κ2) is 6.78. The van der Waals surface area contributed by atoms with Crippen LogP contribution in [0.3, 0.4) is 0 Å². The van der Waals surface area contributed by atoms with Gasteiger partial charge in [-0.1, -0.05) is 0 Å². The van der Waals surface area contributed by atoms with Gasteiger partial charge in [-0.3, -0.25) is 9.78 Å². The minimum atomic E-state index is -4.45. The second-order valence-corrected chi connectivity index (χ2v) is 7.27. The Labute approximate surface area is 149 Å². The Kier molecular flexibility index (Phi) is 4.82. The van der Waals surface area contributed by atoms with Crippen LogP contribution in [0.2, 0.25) is 0 Å². The van der Waals surface area contributed by atoms with Crippen LogP contribution in [0.25, 0.3) is 0 Å². The van der Waals surface area contributed by atoms with E-state index in [4.69, 9.17) is 4.74 Å². The molecule has 8 heteroatoms. The number of carbonyl (C=O) groups excluding carboxylic acids is 1. The molecular formula is C18H20F3N3O2. The zero-order valence-electron chi connectivity index (χ0n) is 14.4. The monoisotopic (exact) mass is 367 g/mol. The molecule has 3 rings (SSSR count). The molecule has 0 bridgehead atoms. The van der Waals surface area contributed by atoms with Crippen LogP contribution < -0.4 is 10.1 Å². The quantitative estimate of drug-likeness (QED) is 0.799. The lowest BCUT2D eigenvalue weighted by Crippen LogP contribution is -2.36. The van der Waals surface area contributed by atoms with Crippen LogP contribution in [-0.4, -0.2) is 30.2 Å². The van der Waals surface area contributed by atoms with Crippen molar-refractivity contribution in [3.8, 4) is 11.8 Å². The fourth-order valence-corrected chi connectivity index (χ4v) is 2.91. The Morgan fingerprint density at radius 1 is 1.38 bits per heavy atom. The van der Waals surface area contributed by atoms with Gasteiger partial charge in [-0.05, 0) is 44.4 Å². The van der Waals surface area contributed by atoms with Gasteiger partial charge >= 0.3 is 6.18 Å². The summed E-state index contributed by atoms with van der Waals surface area (Å²) < 4.78 is 42.3. The number of carbonyl (C=O) groups is 1. The number of nitrogens with zero attached hydrogens (tertiary/aromatic N) is 2. The molecule has 1 N–H and O–H groups in total. The third-order valence-electron chi connectivity index (χ3n) is 4.89. The summed E-state index contributed by atoms with van der Waals surface area (Å²) in [6.07, 6.45) is 0.635. The third-order valence-corrected chi connectivity index (χ3v) is 4.89. The maximum atomic E-state index is 12.5. The summed E-state index contributed by atoms with van der Waals surface area (Å²) in [5, 5.41) is 12.0. The number of hydrogen-bond donors (Lipinski definition) is 1. The molecule has 0 aromatic carbocycles. The molecule has 2 aliphatic carbocycles. The normalized spacial score (nSPS) is 19.3. The van der Waals surface area contributed by atoms with E-state index in [0.29, 0.717) is 5.56 Å². The molecule has 0 spiro atoms. The predicted molar refractivity (Wildman–Crippen MR) is 86.5 cm³/mol. The number of alkyl halides is 3. The van der Waals surface area contributed by atoms with Crippen molar-refractivity contribution in [2.45, 2.75) is 44.7 Å². The van der Waals surface area contributed by atoms with Crippen LogP contribution in [0, 0.1) is 22.7 Å². The van der Waals surface area contributed by atoms with Crippen LogP contribution in [0.1, 0.15) is 54.6 Å². The van der Waals surface area contributed by atoms with Crippen molar-refractivity contribution in [3.05, 3.63) is 23.5 Å². The largest absolute Gasteiger partial charge is 0.484 e. The molecule has 1 aromatic rings. The fraction of sp³-hybridized carbons (Fsp3) is 0.611. The molecule has 5 nitrogen and oxygen atoms in total. The van der Waals surface area contributed by atoms with Crippen LogP contribution in [0.15, 0.2) is 12.3 Å². The van der Waals surface area contributed by atoms with Crippen molar-refractivity contribution in [1.29, 1.82) is 5.26 Å². The summed E-state index contributed by atoms with van der Waals surface area (Å²) in [5.74, 6) is -0.0650. The Balaban J connectivity index is 1.70. The smallest absolute Gasteiger partial charge is 0.422 e. The molecule has 2 aliphatic rings. The standard InChI is InChI=1S/C18H20F3N3O2/c1-17(8-22,12-4-5-12)9-24-16(25)14-6-15(26-10-18(19,20)21)13(7-23-14)11-2-3-11/h6-7,11-12H,2-5,9-10H2,1H3,(H,24,25). The number of ether oxygens (including phenoxy) is 1. The van der Waals surface area contributed by atoms with Crippen molar-refractivity contribution in [2.75, 3.05) is 13.2 Å². The molecule has 26 heavy (non-hydrogen) atoms. The van der Waals surface area contributed by atoms with Gasteiger partial charge in [0.2, 0.25) is 0 Å². The van der Waals surface area contributed by atoms with E-state index in [1.54, 1.807) is 6.92 Å². The number of pyridine rings is 1. The maximum Gasteiger partial charge on any atom is 0.422 e. The number of aromatic nitrogens is 1. The highest BCUT2D eigenvalue weighted by atomic mass is 19.4. The summed E-state index contributed by atoms with van der Waals surface area (Å²) in [4.78, 5) is 16.4. The second-order valence-electron chi connectivity index (χ2n) is 7.27. The Morgan fingerprint density at radius 3 is 2.62 bits per heavy atom. The average Bonchev–Trinajstić information content (AvgIpc) is 3.48. The minimum Gasteiger partial charge on any atom is -0.484 e. The van der Waals surface area contributed by atoms with Crippen molar-refractivity contribution in [1.82, 2.24) is 10.3 Å². The van der Waals surface area contributed by atoms with Gasteiger partial charge in [0, 0.05) is 24.4 Å². The first kappa shape index (κ1) is 18.5. The highest BCUT2D eigenvalue weighted by Gasteiger charge is 2.42. The Morgan fingerprint density at radius 2 is 2.08 bits per heavy atom. The van der Waals surface area contributed by atoms with Crippen molar-refractivity contribution in [2.24, 2.45) is 11.3 Å². The molecule has 0 radical (unpaired) electrons. The molecule has 140 valence electrons. The first-order valence-corrected chi connectivity index (χ1v) is 8.61. The van der Waals surface area contributed by atoms with E-state index >= 15 is 0 Å². The van der Waals surface area contributed by atoms with Gasteiger partial charge in [0.05, 0.1) is 11.5 Å². The SMILES string of the molecule is CC(C#N)(CNC(=O)c1cc(OCC(F)(F)F)c(C2CC2)cn1)C1CC1. The predicted octanol–water partition coefficient (Wildman–Crippen LogP) is 3.57. The number of nitriles is 1. The molecule has 2 fully saturated rings. The Hall–Kier alpha value is -2.30. The van der Waals surface area contributed by atoms with Gasteiger partial charge in [0.15, 0.2) is 6.61 Å². The van der Waals surface area contributed by atoms with E-state index in [9.17, 15) is 23.2 Å². The molecule has 2 saturated carbocycles. The van der Waals surface area contributed by atoms with E-state index in [0.717, 1.165) is 25.7 Å². The lowest BCUT2D eigenvalue weighted by molar-refractivity contribution is -0.153. The van der Waals surface area contributed by atoms with E-state index in [1.807, 2.05) is 0 Å². The van der Waals surface area contributed by atoms with Crippen LogP contribution in [0.5, 0.6) is 5.75 Å². The summed E-state index contributed by atoms with van der Waals surface area (Å²) in [6, 6.07) is 3.50. The lowest BCUT2D eigenvalue weighted by atomic mass is 9.86. The van der Waals surface area contributed by atoms with Gasteiger partial charge in [0.1, 0.15) is 11.4 Å². The summed E-state index contributed by atoms with van der Waals surface area (Å²) in [6.45, 7) is 0.566. The fourth-order valence-electron chi connectivity index (χ4n) is 2.91. The van der Waals surface area contributed by atoms with E-state index < -0.39 is 24.1 Å². The van der Waals surface area contributed by atoms with Crippen LogP contribution >= 0.6 is 0 Å². The molecular weight excluding hydrogens is 347 g/mol. The number of amides is 1. The number of rotatable bonds is 7. The molecule has 1 heterocycles. The molecule has 1 aromatic heterocycles. The number of nitrogens with one attached hydrogen (secondary N) is 1. The molecule has 0 aliphatic heterocycles. The van der Waals surface area contributed by atoms with Gasteiger partial charge < -0.3 is 10.1 Å². The average molecular weight is 367 g/mol. The van der Waals surface area contributed by atoms with E-state index in [1.165, 1.54) is 12.3 Å². The number of halogens is 3. The number of hydrogen-bond acceptors (Lipinski definition) is 4. The first-order valence-electron chi connectivity index (χ1n) is 8.61. The summed E-state index contributed by atoms with van der Waals surface area (Å²) >= 11 is 0. The molecule has 1 atom stereocenters. The first-order chi connectivity index (χ1) is 12.2. The zero-order chi connectivity index (χ0) is 18.9. The third kappa shape index (κ3) is 4.45. The van der Waals surface area contributed by atoms with Gasteiger partial charge in [-0.25, -0.2) is 0 Å². The summed E-state index contributed by atoms with van der Waals surface area (Å²) in [7, 11) is 0. The highest BCUT2D eigenvalue weighted by molar-refractivity contribution is 5.92. The van der Waals surface area contributed by atoms with Crippen molar-refractivity contribution in [3.63, 3.8) is 0 Å². The van der Waals surface area contributed by atoms with Crippen LogP contribution in [-0.2, 0) is 0 Å². The topological polar surface area (TPSA) is 75.0 Å². The van der Waals surface area contributed by atoms with E-state index in [2.05, 4.69) is 16.4 Å². The lowest BCUT2D eigenvalue weighted by Gasteiger charge is -2.21. The van der Waals surface area contributed by atoms with Gasteiger partial charge in [-0.15, -0.1) is 0 Å². The Bertz CT molecular complexity index is 736. The highest BCUT2D eigenvalue weighted by Crippen LogP contribution is 2.45. The van der Waals surface area contributed by atoms with Gasteiger partial charge in [-0.2, -0.15) is 18.4 Å².